The number of hydrogen-bond acceptors (Lipinski definition) is 4. The Hall–Kier alpha value is -1.75. The lowest BCUT2D eigenvalue weighted by molar-refractivity contribution is -0.108. The van der Waals surface area contributed by atoms with Crippen LogP contribution in [-0.2, 0) is 11.3 Å². The maximum Gasteiger partial charge on any atom is 0.281 e. The summed E-state index contributed by atoms with van der Waals surface area (Å²) in [5.74, 6) is 0. The molecule has 0 N–H and O–H groups in total. The van der Waals surface area contributed by atoms with Crippen LogP contribution >= 0.6 is 11.6 Å². The van der Waals surface area contributed by atoms with E-state index in [1.807, 2.05) is 0 Å². The molecule has 0 atom stereocenters. The van der Waals surface area contributed by atoms with Crippen molar-refractivity contribution in [2.45, 2.75) is 13.5 Å². The standard InChI is InChI=1S/C10H8ClN3O2/c1-6-2-3-7-8(12-6)9(16)14(4-5-15)10(11)13-7/h2-3,5H,4H2,1H3. The van der Waals surface area contributed by atoms with Gasteiger partial charge in [-0.3, -0.25) is 9.36 Å². The first-order valence-electron chi connectivity index (χ1n) is 4.61. The van der Waals surface area contributed by atoms with E-state index in [1.54, 1.807) is 19.1 Å². The largest absolute Gasteiger partial charge is 0.301 e. The molecule has 0 unspecified atom stereocenters. The molecule has 0 spiro atoms. The number of pyridine rings is 1. The molecule has 16 heavy (non-hydrogen) atoms. The second kappa shape index (κ2) is 4.02. The van der Waals surface area contributed by atoms with Gasteiger partial charge in [-0.2, -0.15) is 0 Å². The molecule has 0 saturated carbocycles. The second-order valence-corrected chi connectivity index (χ2v) is 3.62. The Morgan fingerprint density at radius 2 is 2.19 bits per heavy atom. The molecule has 0 aliphatic rings. The van der Waals surface area contributed by atoms with Gasteiger partial charge in [0.2, 0.25) is 5.28 Å². The highest BCUT2D eigenvalue weighted by Crippen LogP contribution is 2.10. The Bertz CT molecular complexity index is 621. The third-order valence-corrected chi connectivity index (χ3v) is 2.44. The number of fused-ring (bicyclic) bond motifs is 1. The Labute approximate surface area is 95.7 Å². The minimum atomic E-state index is -0.397. The fraction of sp³-hybridized carbons (Fsp3) is 0.200. The van der Waals surface area contributed by atoms with Crippen molar-refractivity contribution >= 4 is 28.9 Å². The first-order chi connectivity index (χ1) is 7.63. The van der Waals surface area contributed by atoms with Crippen LogP contribution in [0.5, 0.6) is 0 Å². The van der Waals surface area contributed by atoms with Crippen molar-refractivity contribution in [2.24, 2.45) is 0 Å². The molecule has 2 heterocycles. The number of rotatable bonds is 2. The third-order valence-electron chi connectivity index (χ3n) is 2.15. The predicted molar refractivity (Wildman–Crippen MR) is 59.6 cm³/mol. The Morgan fingerprint density at radius 3 is 2.88 bits per heavy atom. The molecule has 0 amide bonds. The summed E-state index contributed by atoms with van der Waals surface area (Å²) < 4.78 is 1.09. The van der Waals surface area contributed by atoms with E-state index >= 15 is 0 Å². The van der Waals surface area contributed by atoms with Gasteiger partial charge in [0.05, 0.1) is 12.1 Å². The number of hydrogen-bond donors (Lipinski definition) is 0. The fourth-order valence-corrected chi connectivity index (χ4v) is 1.64. The summed E-state index contributed by atoms with van der Waals surface area (Å²) in [7, 11) is 0. The van der Waals surface area contributed by atoms with Crippen molar-refractivity contribution in [1.82, 2.24) is 14.5 Å². The number of aryl methyl sites for hydroxylation is 1. The van der Waals surface area contributed by atoms with E-state index in [2.05, 4.69) is 9.97 Å². The molecular weight excluding hydrogens is 230 g/mol. The highest BCUT2D eigenvalue weighted by atomic mass is 35.5. The maximum absolute atomic E-state index is 11.9. The van der Waals surface area contributed by atoms with E-state index in [4.69, 9.17) is 11.6 Å². The van der Waals surface area contributed by atoms with Gasteiger partial charge in [-0.05, 0) is 30.7 Å². The van der Waals surface area contributed by atoms with Gasteiger partial charge in [0.25, 0.3) is 5.56 Å². The van der Waals surface area contributed by atoms with Gasteiger partial charge in [-0.15, -0.1) is 0 Å². The second-order valence-electron chi connectivity index (χ2n) is 3.28. The smallest absolute Gasteiger partial charge is 0.281 e. The van der Waals surface area contributed by atoms with E-state index in [0.29, 0.717) is 17.5 Å². The first-order valence-corrected chi connectivity index (χ1v) is 4.98. The molecule has 0 aliphatic carbocycles. The molecule has 82 valence electrons. The van der Waals surface area contributed by atoms with Gasteiger partial charge in [0.1, 0.15) is 6.29 Å². The predicted octanol–water partition coefficient (Wildman–Crippen LogP) is 0.952. The van der Waals surface area contributed by atoms with Crippen LogP contribution < -0.4 is 5.56 Å². The van der Waals surface area contributed by atoms with Crippen LogP contribution in [0.15, 0.2) is 16.9 Å². The minimum absolute atomic E-state index is 0.00440. The van der Waals surface area contributed by atoms with E-state index < -0.39 is 5.56 Å². The molecule has 2 aromatic heterocycles. The summed E-state index contributed by atoms with van der Waals surface area (Å²) >= 11 is 5.79. The summed E-state index contributed by atoms with van der Waals surface area (Å²) in [5.41, 5.74) is 0.978. The zero-order valence-electron chi connectivity index (χ0n) is 8.48. The van der Waals surface area contributed by atoms with Crippen molar-refractivity contribution in [3.63, 3.8) is 0 Å². The molecule has 0 fully saturated rings. The first kappa shape index (κ1) is 10.8. The molecule has 0 radical (unpaired) electrons. The Balaban J connectivity index is 2.85. The van der Waals surface area contributed by atoms with Crippen LogP contribution in [-0.4, -0.2) is 20.8 Å². The zero-order valence-corrected chi connectivity index (χ0v) is 9.23. The van der Waals surface area contributed by atoms with Crippen molar-refractivity contribution in [3.05, 3.63) is 33.5 Å². The van der Waals surface area contributed by atoms with Gasteiger partial charge in [-0.25, -0.2) is 9.97 Å². The summed E-state index contributed by atoms with van der Waals surface area (Å²) in [6, 6.07) is 3.42. The molecule has 0 saturated heterocycles. The average molecular weight is 238 g/mol. The van der Waals surface area contributed by atoms with E-state index in [9.17, 15) is 9.59 Å². The monoisotopic (exact) mass is 237 g/mol. The van der Waals surface area contributed by atoms with E-state index in [1.165, 1.54) is 0 Å². The van der Waals surface area contributed by atoms with E-state index in [0.717, 1.165) is 4.57 Å². The van der Waals surface area contributed by atoms with Crippen molar-refractivity contribution in [3.8, 4) is 0 Å². The number of carbonyl (C=O) groups is 1. The normalized spacial score (nSPS) is 10.6. The van der Waals surface area contributed by atoms with Gasteiger partial charge in [-0.1, -0.05) is 0 Å². The van der Waals surface area contributed by atoms with Crippen LogP contribution in [0.25, 0.3) is 11.0 Å². The quantitative estimate of drug-likeness (QED) is 0.576. The van der Waals surface area contributed by atoms with Crippen molar-refractivity contribution < 1.29 is 4.79 Å². The van der Waals surface area contributed by atoms with E-state index in [-0.39, 0.29) is 17.3 Å². The van der Waals surface area contributed by atoms with Crippen molar-refractivity contribution in [2.75, 3.05) is 0 Å². The summed E-state index contributed by atoms with van der Waals surface area (Å²) in [4.78, 5) is 30.4. The fourth-order valence-electron chi connectivity index (χ4n) is 1.40. The summed E-state index contributed by atoms with van der Waals surface area (Å²) in [6.45, 7) is 1.66. The highest BCUT2D eigenvalue weighted by Gasteiger charge is 2.09. The number of carbonyl (C=O) groups excluding carboxylic acids is 1. The van der Waals surface area contributed by atoms with Gasteiger partial charge in [0, 0.05) is 5.69 Å². The molecule has 2 aromatic rings. The molecule has 0 aromatic carbocycles. The maximum atomic E-state index is 11.9. The lowest BCUT2D eigenvalue weighted by Crippen LogP contribution is -2.23. The van der Waals surface area contributed by atoms with Crippen LogP contribution in [0.1, 0.15) is 5.69 Å². The summed E-state index contributed by atoms with van der Waals surface area (Å²) in [6.07, 6.45) is 0.594. The molecule has 2 rings (SSSR count). The number of aromatic nitrogens is 3. The molecule has 0 aliphatic heterocycles. The van der Waals surface area contributed by atoms with Gasteiger partial charge in [0.15, 0.2) is 5.52 Å². The lowest BCUT2D eigenvalue weighted by Gasteiger charge is -2.05. The minimum Gasteiger partial charge on any atom is -0.301 e. The number of halogens is 1. The SMILES string of the molecule is Cc1ccc2nc(Cl)n(CC=O)c(=O)c2n1. The zero-order chi connectivity index (χ0) is 11.7. The van der Waals surface area contributed by atoms with Crippen LogP contribution in [0.2, 0.25) is 5.28 Å². The number of aldehydes is 1. The average Bonchev–Trinajstić information content (AvgIpc) is 2.26. The molecular formula is C10H8ClN3O2. The van der Waals surface area contributed by atoms with Crippen LogP contribution in [0.4, 0.5) is 0 Å². The number of nitrogens with zero attached hydrogens (tertiary/aromatic N) is 3. The van der Waals surface area contributed by atoms with Crippen molar-refractivity contribution in [1.29, 1.82) is 0 Å². The van der Waals surface area contributed by atoms with Gasteiger partial charge >= 0.3 is 0 Å². The third kappa shape index (κ3) is 1.69. The highest BCUT2D eigenvalue weighted by molar-refractivity contribution is 6.28. The molecule has 0 bridgehead atoms. The van der Waals surface area contributed by atoms with Crippen LogP contribution in [0, 0.1) is 6.92 Å². The lowest BCUT2D eigenvalue weighted by atomic mass is 10.3. The Kier molecular flexibility index (Phi) is 2.70. The Morgan fingerprint density at radius 1 is 1.44 bits per heavy atom. The molecule has 6 heteroatoms. The molecule has 5 nitrogen and oxygen atoms in total. The van der Waals surface area contributed by atoms with Gasteiger partial charge < -0.3 is 4.79 Å². The summed E-state index contributed by atoms with van der Waals surface area (Å²) in [5, 5.41) is -0.00440. The topological polar surface area (TPSA) is 64.8 Å². The van der Waals surface area contributed by atoms with Crippen LogP contribution in [0.3, 0.4) is 0 Å².